The molecule has 4 rings (SSSR count). The Balaban J connectivity index is 1.59. The van der Waals surface area contributed by atoms with Crippen LogP contribution in [0, 0.1) is 0 Å². The molecular formula is C22H15NO3. The summed E-state index contributed by atoms with van der Waals surface area (Å²) in [7, 11) is 0. The van der Waals surface area contributed by atoms with Crippen molar-refractivity contribution in [3.05, 3.63) is 90.5 Å². The second kappa shape index (κ2) is 7.07. The number of carbonyl (C=O) groups excluding carboxylic acids is 1. The van der Waals surface area contributed by atoms with Gasteiger partial charge in [-0.15, -0.1) is 0 Å². The Labute approximate surface area is 150 Å². The van der Waals surface area contributed by atoms with E-state index in [1.807, 2.05) is 66.7 Å². The summed E-state index contributed by atoms with van der Waals surface area (Å²) < 4.78 is 11.3. The highest BCUT2D eigenvalue weighted by atomic mass is 16.5. The molecule has 0 saturated carbocycles. The summed E-state index contributed by atoms with van der Waals surface area (Å²) in [5.74, 6) is 0.362. The van der Waals surface area contributed by atoms with E-state index in [0.717, 1.165) is 11.1 Å². The molecule has 4 nitrogen and oxygen atoms in total. The van der Waals surface area contributed by atoms with Crippen molar-refractivity contribution in [3.63, 3.8) is 0 Å². The first-order chi connectivity index (χ1) is 12.8. The number of ether oxygens (including phenoxy) is 1. The first-order valence-electron chi connectivity index (χ1n) is 8.19. The molecule has 0 atom stereocenters. The summed E-state index contributed by atoms with van der Waals surface area (Å²) >= 11 is 0. The van der Waals surface area contributed by atoms with E-state index in [4.69, 9.17) is 9.15 Å². The lowest BCUT2D eigenvalue weighted by Crippen LogP contribution is -2.04. The minimum atomic E-state index is -0.461. The van der Waals surface area contributed by atoms with E-state index in [1.165, 1.54) is 6.08 Å². The number of para-hydroxylation sites is 3. The van der Waals surface area contributed by atoms with Crippen molar-refractivity contribution in [2.45, 2.75) is 0 Å². The maximum Gasteiger partial charge on any atom is 0.336 e. The van der Waals surface area contributed by atoms with Crippen LogP contribution in [0.3, 0.4) is 0 Å². The third-order valence-corrected chi connectivity index (χ3v) is 3.83. The lowest BCUT2D eigenvalue weighted by Gasteiger charge is -2.05. The number of nitrogens with zero attached hydrogens (tertiary/aromatic N) is 1. The first kappa shape index (κ1) is 15.8. The number of hydrogen-bond acceptors (Lipinski definition) is 4. The molecular weight excluding hydrogens is 326 g/mol. The van der Waals surface area contributed by atoms with Crippen molar-refractivity contribution in [3.8, 4) is 17.2 Å². The van der Waals surface area contributed by atoms with Gasteiger partial charge in [0.2, 0.25) is 5.89 Å². The molecule has 3 aromatic carbocycles. The third kappa shape index (κ3) is 3.39. The van der Waals surface area contributed by atoms with Crippen LogP contribution in [0.4, 0.5) is 0 Å². The van der Waals surface area contributed by atoms with Gasteiger partial charge in [-0.05, 0) is 35.9 Å². The minimum Gasteiger partial charge on any atom is -0.436 e. The number of fused-ring (bicyclic) bond motifs is 1. The zero-order valence-corrected chi connectivity index (χ0v) is 13.8. The Hall–Kier alpha value is -3.66. The highest BCUT2D eigenvalue weighted by Crippen LogP contribution is 2.31. The molecule has 0 unspecified atom stereocenters. The molecule has 26 heavy (non-hydrogen) atoms. The van der Waals surface area contributed by atoms with Gasteiger partial charge in [-0.3, -0.25) is 0 Å². The van der Waals surface area contributed by atoms with Gasteiger partial charge < -0.3 is 9.15 Å². The van der Waals surface area contributed by atoms with Crippen LogP contribution in [0.5, 0.6) is 5.75 Å². The molecule has 0 amide bonds. The van der Waals surface area contributed by atoms with E-state index in [9.17, 15) is 4.79 Å². The number of carbonyl (C=O) groups is 1. The van der Waals surface area contributed by atoms with Crippen molar-refractivity contribution < 1.29 is 13.9 Å². The van der Waals surface area contributed by atoms with Gasteiger partial charge in [0.05, 0.1) is 5.56 Å². The van der Waals surface area contributed by atoms with Crippen LogP contribution in [0.25, 0.3) is 28.6 Å². The number of esters is 1. The smallest absolute Gasteiger partial charge is 0.336 e. The lowest BCUT2D eigenvalue weighted by atomic mass is 10.2. The Morgan fingerprint density at radius 1 is 0.885 bits per heavy atom. The summed E-state index contributed by atoms with van der Waals surface area (Å²) in [6, 6.07) is 24.3. The third-order valence-electron chi connectivity index (χ3n) is 3.83. The monoisotopic (exact) mass is 341 g/mol. The summed E-state index contributed by atoms with van der Waals surface area (Å²) in [6.45, 7) is 0. The van der Waals surface area contributed by atoms with Gasteiger partial charge in [0.15, 0.2) is 5.58 Å². The average Bonchev–Trinajstić information content (AvgIpc) is 3.12. The van der Waals surface area contributed by atoms with Crippen molar-refractivity contribution in [2.75, 3.05) is 0 Å². The SMILES string of the molecule is O=C(/C=C/c1ccccc1)Oc1ccccc1-c1nc2ccccc2o1. The predicted octanol–water partition coefficient (Wildman–Crippen LogP) is 5.11. The van der Waals surface area contributed by atoms with Gasteiger partial charge in [0, 0.05) is 6.08 Å². The fourth-order valence-electron chi connectivity index (χ4n) is 2.59. The van der Waals surface area contributed by atoms with Gasteiger partial charge in [-0.1, -0.05) is 54.6 Å². The van der Waals surface area contributed by atoms with Crippen molar-refractivity contribution in [1.29, 1.82) is 0 Å². The van der Waals surface area contributed by atoms with Gasteiger partial charge in [-0.2, -0.15) is 0 Å². The van der Waals surface area contributed by atoms with E-state index >= 15 is 0 Å². The number of hydrogen-bond donors (Lipinski definition) is 0. The van der Waals surface area contributed by atoms with E-state index in [1.54, 1.807) is 18.2 Å². The molecule has 0 saturated heterocycles. The van der Waals surface area contributed by atoms with Crippen LogP contribution in [-0.2, 0) is 4.79 Å². The topological polar surface area (TPSA) is 52.3 Å². The van der Waals surface area contributed by atoms with Crippen LogP contribution >= 0.6 is 0 Å². The average molecular weight is 341 g/mol. The fraction of sp³-hybridized carbons (Fsp3) is 0. The Morgan fingerprint density at radius 2 is 1.62 bits per heavy atom. The Kier molecular flexibility index (Phi) is 4.31. The maximum absolute atomic E-state index is 12.2. The van der Waals surface area contributed by atoms with Crippen molar-refractivity contribution in [2.24, 2.45) is 0 Å². The van der Waals surface area contributed by atoms with Crippen LogP contribution in [0.1, 0.15) is 5.56 Å². The molecule has 0 aliphatic carbocycles. The summed E-state index contributed by atoms with van der Waals surface area (Å²) in [6.07, 6.45) is 3.11. The number of rotatable bonds is 4. The number of benzene rings is 3. The van der Waals surface area contributed by atoms with Gasteiger partial charge >= 0.3 is 5.97 Å². The Bertz CT molecular complexity index is 1050. The van der Waals surface area contributed by atoms with Gasteiger partial charge in [-0.25, -0.2) is 9.78 Å². The second-order valence-corrected chi connectivity index (χ2v) is 5.65. The van der Waals surface area contributed by atoms with E-state index in [-0.39, 0.29) is 0 Å². The minimum absolute atomic E-state index is 0.404. The molecule has 1 heterocycles. The fourth-order valence-corrected chi connectivity index (χ4v) is 2.59. The molecule has 0 aliphatic rings. The normalized spacial score (nSPS) is 11.1. The standard InChI is InChI=1S/C22H15NO3/c24-21(15-14-16-8-2-1-3-9-16)25-19-12-6-4-10-17(19)22-23-18-11-5-7-13-20(18)26-22/h1-15H/b15-14+. The molecule has 0 aliphatic heterocycles. The highest BCUT2D eigenvalue weighted by Gasteiger charge is 2.14. The molecule has 4 heteroatoms. The number of aromatic nitrogens is 1. The van der Waals surface area contributed by atoms with Gasteiger partial charge in [0.1, 0.15) is 11.3 Å². The highest BCUT2D eigenvalue weighted by molar-refractivity contribution is 5.90. The van der Waals surface area contributed by atoms with E-state index in [2.05, 4.69) is 4.98 Å². The Morgan fingerprint density at radius 3 is 2.46 bits per heavy atom. The first-order valence-corrected chi connectivity index (χ1v) is 8.19. The molecule has 0 N–H and O–H groups in total. The molecule has 0 spiro atoms. The second-order valence-electron chi connectivity index (χ2n) is 5.65. The van der Waals surface area contributed by atoms with Crippen molar-refractivity contribution >= 4 is 23.1 Å². The largest absolute Gasteiger partial charge is 0.436 e. The van der Waals surface area contributed by atoms with Crippen LogP contribution < -0.4 is 4.74 Å². The number of oxazole rings is 1. The van der Waals surface area contributed by atoms with Crippen LogP contribution in [0.15, 0.2) is 89.4 Å². The molecule has 0 radical (unpaired) electrons. The summed E-state index contributed by atoms with van der Waals surface area (Å²) in [4.78, 5) is 16.6. The van der Waals surface area contributed by atoms with Gasteiger partial charge in [0.25, 0.3) is 0 Å². The van der Waals surface area contributed by atoms with E-state index < -0.39 is 5.97 Å². The zero-order valence-electron chi connectivity index (χ0n) is 13.8. The van der Waals surface area contributed by atoms with Crippen LogP contribution in [0.2, 0.25) is 0 Å². The predicted molar refractivity (Wildman–Crippen MR) is 101 cm³/mol. The lowest BCUT2D eigenvalue weighted by molar-refractivity contribution is -0.128. The van der Waals surface area contributed by atoms with Crippen LogP contribution in [-0.4, -0.2) is 11.0 Å². The molecule has 126 valence electrons. The summed E-state index contributed by atoms with van der Waals surface area (Å²) in [5.41, 5.74) is 3.00. The quantitative estimate of drug-likeness (QED) is 0.294. The van der Waals surface area contributed by atoms with E-state index in [0.29, 0.717) is 22.8 Å². The molecule has 1 aromatic heterocycles. The zero-order chi connectivity index (χ0) is 17.8. The summed E-state index contributed by atoms with van der Waals surface area (Å²) in [5, 5.41) is 0. The molecule has 0 bridgehead atoms. The molecule has 4 aromatic rings. The van der Waals surface area contributed by atoms with Crippen molar-refractivity contribution in [1.82, 2.24) is 4.98 Å². The molecule has 0 fully saturated rings. The maximum atomic E-state index is 12.2.